The number of aromatic nitrogens is 1. The number of aryl methyl sites for hydroxylation is 1. The van der Waals surface area contributed by atoms with Gasteiger partial charge in [-0.1, -0.05) is 5.16 Å². The van der Waals surface area contributed by atoms with Crippen molar-refractivity contribution in [3.63, 3.8) is 0 Å². The largest absolute Gasteiger partial charge is 0.481 e. The summed E-state index contributed by atoms with van der Waals surface area (Å²) in [5, 5.41) is 14.7. The Labute approximate surface area is 105 Å². The number of carbonyl (C=O) groups is 2. The number of carboxylic acid groups (broad SMARTS) is 1. The molecule has 0 unspecified atom stereocenters. The van der Waals surface area contributed by atoms with E-state index in [-0.39, 0.29) is 18.9 Å². The Hall–Kier alpha value is -1.89. The Morgan fingerprint density at radius 3 is 2.83 bits per heavy atom. The van der Waals surface area contributed by atoms with E-state index in [9.17, 15) is 9.59 Å². The molecule has 1 aromatic heterocycles. The Morgan fingerprint density at radius 2 is 2.28 bits per heavy atom. The van der Waals surface area contributed by atoms with Crippen molar-refractivity contribution in [1.82, 2.24) is 10.1 Å². The molecular formula is C11H17N3O4. The highest BCUT2D eigenvalue weighted by Crippen LogP contribution is 2.06. The molecule has 1 amide bonds. The van der Waals surface area contributed by atoms with Crippen LogP contribution in [-0.4, -0.2) is 47.2 Å². The van der Waals surface area contributed by atoms with Gasteiger partial charge >= 0.3 is 5.97 Å². The van der Waals surface area contributed by atoms with Crippen molar-refractivity contribution in [2.24, 2.45) is 0 Å². The highest BCUT2D eigenvalue weighted by Gasteiger charge is 2.09. The number of amides is 1. The number of carboxylic acids is 1. The molecule has 7 nitrogen and oxygen atoms in total. The van der Waals surface area contributed by atoms with Gasteiger partial charge in [0.25, 0.3) is 0 Å². The van der Waals surface area contributed by atoms with Crippen LogP contribution in [0.3, 0.4) is 0 Å². The number of rotatable bonds is 7. The molecule has 1 heterocycles. The lowest BCUT2D eigenvalue weighted by Crippen LogP contribution is -2.31. The van der Waals surface area contributed by atoms with E-state index in [2.05, 4.69) is 10.5 Å². The predicted octanol–water partition coefficient (Wildman–Crippen LogP) is 0.718. The minimum Gasteiger partial charge on any atom is -0.481 e. The smallest absolute Gasteiger partial charge is 0.303 e. The van der Waals surface area contributed by atoms with Gasteiger partial charge in [0, 0.05) is 12.5 Å². The summed E-state index contributed by atoms with van der Waals surface area (Å²) in [5.41, 5.74) is 0. The van der Waals surface area contributed by atoms with E-state index >= 15 is 0 Å². The van der Waals surface area contributed by atoms with E-state index < -0.39 is 5.97 Å². The summed E-state index contributed by atoms with van der Waals surface area (Å²) in [4.78, 5) is 23.7. The zero-order chi connectivity index (χ0) is 13.5. The van der Waals surface area contributed by atoms with E-state index in [1.807, 2.05) is 0 Å². The van der Waals surface area contributed by atoms with Gasteiger partial charge in [-0.3, -0.25) is 14.5 Å². The molecule has 0 radical (unpaired) electrons. The highest BCUT2D eigenvalue weighted by molar-refractivity contribution is 5.91. The van der Waals surface area contributed by atoms with Crippen LogP contribution in [0.25, 0.3) is 0 Å². The van der Waals surface area contributed by atoms with Crippen molar-refractivity contribution < 1.29 is 19.2 Å². The molecule has 0 bridgehead atoms. The van der Waals surface area contributed by atoms with Gasteiger partial charge in [0.15, 0.2) is 5.82 Å². The van der Waals surface area contributed by atoms with Gasteiger partial charge in [0.1, 0.15) is 5.76 Å². The average Bonchev–Trinajstić information content (AvgIpc) is 2.62. The molecule has 0 aliphatic carbocycles. The molecule has 0 aromatic carbocycles. The zero-order valence-electron chi connectivity index (χ0n) is 10.5. The van der Waals surface area contributed by atoms with Crippen LogP contribution in [0.2, 0.25) is 0 Å². The summed E-state index contributed by atoms with van der Waals surface area (Å²) >= 11 is 0. The van der Waals surface area contributed by atoms with Gasteiger partial charge in [-0.15, -0.1) is 0 Å². The molecule has 0 fully saturated rings. The lowest BCUT2D eigenvalue weighted by molar-refractivity contribution is -0.137. The van der Waals surface area contributed by atoms with E-state index in [0.717, 1.165) is 0 Å². The number of hydrogen-bond acceptors (Lipinski definition) is 5. The SMILES string of the molecule is Cc1cc(NC(=O)CN(C)CCCC(=O)O)no1. The van der Waals surface area contributed by atoms with Gasteiger partial charge in [0.05, 0.1) is 6.54 Å². The van der Waals surface area contributed by atoms with Crippen molar-refractivity contribution in [2.45, 2.75) is 19.8 Å². The van der Waals surface area contributed by atoms with Crippen LogP contribution in [0.1, 0.15) is 18.6 Å². The number of aliphatic carboxylic acids is 1. The van der Waals surface area contributed by atoms with Crippen molar-refractivity contribution in [3.8, 4) is 0 Å². The molecule has 18 heavy (non-hydrogen) atoms. The van der Waals surface area contributed by atoms with Crippen molar-refractivity contribution in [1.29, 1.82) is 0 Å². The average molecular weight is 255 g/mol. The Balaban J connectivity index is 2.25. The first-order valence-corrected chi connectivity index (χ1v) is 5.61. The molecule has 0 atom stereocenters. The quantitative estimate of drug-likeness (QED) is 0.745. The summed E-state index contributed by atoms with van der Waals surface area (Å²) in [7, 11) is 1.76. The maximum atomic E-state index is 11.6. The number of anilines is 1. The summed E-state index contributed by atoms with van der Waals surface area (Å²) in [6.07, 6.45) is 0.622. The lowest BCUT2D eigenvalue weighted by Gasteiger charge is -2.14. The normalized spacial score (nSPS) is 10.6. The number of likely N-dealkylation sites (N-methyl/N-ethyl adjacent to an activating group) is 1. The molecule has 100 valence electrons. The first-order valence-electron chi connectivity index (χ1n) is 5.61. The zero-order valence-corrected chi connectivity index (χ0v) is 10.5. The van der Waals surface area contributed by atoms with Crippen LogP contribution in [0.4, 0.5) is 5.82 Å². The summed E-state index contributed by atoms with van der Waals surface area (Å²) in [6.45, 7) is 2.48. The Bertz CT molecular complexity index is 416. The first-order chi connectivity index (χ1) is 8.47. The van der Waals surface area contributed by atoms with Crippen LogP contribution in [0, 0.1) is 6.92 Å². The monoisotopic (exact) mass is 255 g/mol. The minimum absolute atomic E-state index is 0.106. The van der Waals surface area contributed by atoms with E-state index in [0.29, 0.717) is 24.5 Å². The van der Waals surface area contributed by atoms with Crippen LogP contribution >= 0.6 is 0 Å². The minimum atomic E-state index is -0.828. The fraction of sp³-hybridized carbons (Fsp3) is 0.545. The van der Waals surface area contributed by atoms with Gasteiger partial charge in [-0.2, -0.15) is 0 Å². The molecule has 7 heteroatoms. The maximum absolute atomic E-state index is 11.6. The third-order valence-electron chi connectivity index (χ3n) is 2.24. The summed E-state index contributed by atoms with van der Waals surface area (Å²) < 4.78 is 4.82. The van der Waals surface area contributed by atoms with E-state index in [1.54, 1.807) is 24.9 Å². The number of carbonyl (C=O) groups excluding carboxylic acids is 1. The molecule has 2 N–H and O–H groups in total. The van der Waals surface area contributed by atoms with Gasteiger partial charge in [-0.25, -0.2) is 0 Å². The molecule has 0 aliphatic heterocycles. The second kappa shape index (κ2) is 6.75. The molecule has 0 saturated heterocycles. The topological polar surface area (TPSA) is 95.7 Å². The number of nitrogens with zero attached hydrogens (tertiary/aromatic N) is 2. The second-order valence-electron chi connectivity index (χ2n) is 4.11. The molecule has 0 aliphatic rings. The van der Waals surface area contributed by atoms with E-state index in [1.165, 1.54) is 0 Å². The molecule has 1 aromatic rings. The van der Waals surface area contributed by atoms with Crippen molar-refractivity contribution >= 4 is 17.7 Å². The van der Waals surface area contributed by atoms with Crippen LogP contribution in [0.5, 0.6) is 0 Å². The lowest BCUT2D eigenvalue weighted by atomic mass is 10.3. The third kappa shape index (κ3) is 5.44. The standard InChI is InChI=1S/C11H17N3O4/c1-8-6-9(13-18-8)12-10(15)7-14(2)5-3-4-11(16)17/h6H,3-5,7H2,1-2H3,(H,16,17)(H,12,13,15). The van der Waals surface area contributed by atoms with Gasteiger partial charge in [-0.05, 0) is 26.9 Å². The summed E-state index contributed by atoms with van der Waals surface area (Å²) in [6, 6.07) is 1.63. The van der Waals surface area contributed by atoms with Crippen molar-refractivity contribution in [2.75, 3.05) is 25.5 Å². The fourth-order valence-electron chi connectivity index (χ4n) is 1.43. The number of hydrogen-bond donors (Lipinski definition) is 2. The Morgan fingerprint density at radius 1 is 1.56 bits per heavy atom. The Kier molecular flexibility index (Phi) is 5.31. The van der Waals surface area contributed by atoms with Crippen LogP contribution < -0.4 is 5.32 Å². The third-order valence-corrected chi connectivity index (χ3v) is 2.24. The van der Waals surface area contributed by atoms with E-state index in [4.69, 9.17) is 9.63 Å². The van der Waals surface area contributed by atoms with Crippen LogP contribution in [-0.2, 0) is 9.59 Å². The second-order valence-corrected chi connectivity index (χ2v) is 4.11. The molecule has 0 saturated carbocycles. The summed E-state index contributed by atoms with van der Waals surface area (Å²) in [5.74, 6) is -0.0244. The van der Waals surface area contributed by atoms with Crippen LogP contribution in [0.15, 0.2) is 10.6 Å². The predicted molar refractivity (Wildman–Crippen MR) is 64.2 cm³/mol. The molecular weight excluding hydrogens is 238 g/mol. The highest BCUT2D eigenvalue weighted by atomic mass is 16.5. The number of nitrogens with one attached hydrogen (secondary N) is 1. The molecule has 0 spiro atoms. The molecule has 1 rings (SSSR count). The fourth-order valence-corrected chi connectivity index (χ4v) is 1.43. The van der Waals surface area contributed by atoms with Crippen molar-refractivity contribution in [3.05, 3.63) is 11.8 Å². The van der Waals surface area contributed by atoms with Gasteiger partial charge < -0.3 is 14.9 Å². The maximum Gasteiger partial charge on any atom is 0.303 e. The van der Waals surface area contributed by atoms with Gasteiger partial charge in [0.2, 0.25) is 5.91 Å². The first kappa shape index (κ1) is 14.2.